The molecule has 1 aliphatic heterocycles. The lowest BCUT2D eigenvalue weighted by Crippen LogP contribution is -2.42. The number of likely N-dealkylation sites (tertiary alicyclic amines) is 1. The van der Waals surface area contributed by atoms with Gasteiger partial charge in [0.25, 0.3) is 0 Å². The first-order chi connectivity index (χ1) is 13.0. The van der Waals surface area contributed by atoms with E-state index in [1.54, 1.807) is 12.1 Å². The Hall–Kier alpha value is -1.65. The molecule has 1 aromatic carbocycles. The third-order valence-corrected chi connectivity index (χ3v) is 6.11. The zero-order valence-electron chi connectivity index (χ0n) is 16.7. The molecule has 1 N–H and O–H groups in total. The molecule has 0 spiro atoms. The highest BCUT2D eigenvalue weighted by molar-refractivity contribution is 5.76. The second kappa shape index (κ2) is 9.03. The van der Waals surface area contributed by atoms with Crippen LogP contribution in [-0.4, -0.2) is 41.2 Å². The summed E-state index contributed by atoms with van der Waals surface area (Å²) in [5.74, 6) is -0.121. The summed E-state index contributed by atoms with van der Waals surface area (Å²) >= 11 is 0. The van der Waals surface area contributed by atoms with Crippen molar-refractivity contribution in [3.63, 3.8) is 0 Å². The predicted molar refractivity (Wildman–Crippen MR) is 107 cm³/mol. The highest BCUT2D eigenvalue weighted by Gasteiger charge is 2.47. The molecule has 0 aromatic heterocycles. The smallest absolute Gasteiger partial charge is 0.340 e. The Kier molecular flexibility index (Phi) is 6.72. The minimum absolute atomic E-state index is 0.374. The van der Waals surface area contributed by atoms with E-state index in [1.165, 1.54) is 5.57 Å². The quantitative estimate of drug-likeness (QED) is 0.575. The van der Waals surface area contributed by atoms with Crippen molar-refractivity contribution in [2.24, 2.45) is 5.92 Å². The topological polar surface area (TPSA) is 49.8 Å². The van der Waals surface area contributed by atoms with Gasteiger partial charge in [0.15, 0.2) is 6.10 Å². The SMILES string of the molecule is CC(C)=CCCN1CC[C@H](C2(OC(=O)C(O)c3ccccc3)CCCC2)C1. The van der Waals surface area contributed by atoms with Gasteiger partial charge in [0.2, 0.25) is 0 Å². The van der Waals surface area contributed by atoms with Crippen LogP contribution >= 0.6 is 0 Å². The fourth-order valence-electron chi connectivity index (χ4n) is 4.60. The number of rotatable bonds is 7. The first kappa shape index (κ1) is 20.1. The van der Waals surface area contributed by atoms with Gasteiger partial charge in [-0.3, -0.25) is 0 Å². The van der Waals surface area contributed by atoms with Crippen molar-refractivity contribution in [3.05, 3.63) is 47.5 Å². The van der Waals surface area contributed by atoms with Crippen LogP contribution in [0.1, 0.15) is 64.0 Å². The van der Waals surface area contributed by atoms with E-state index in [9.17, 15) is 9.90 Å². The van der Waals surface area contributed by atoms with E-state index in [4.69, 9.17) is 4.74 Å². The first-order valence-electron chi connectivity index (χ1n) is 10.3. The Labute approximate surface area is 163 Å². The highest BCUT2D eigenvalue weighted by atomic mass is 16.6. The van der Waals surface area contributed by atoms with Gasteiger partial charge in [0.1, 0.15) is 5.60 Å². The van der Waals surface area contributed by atoms with Crippen LogP contribution in [0.25, 0.3) is 0 Å². The van der Waals surface area contributed by atoms with E-state index in [0.29, 0.717) is 11.5 Å². The molecule has 2 fully saturated rings. The van der Waals surface area contributed by atoms with Crippen molar-refractivity contribution in [2.45, 2.75) is 64.1 Å². The van der Waals surface area contributed by atoms with Crippen molar-refractivity contribution < 1.29 is 14.6 Å². The zero-order valence-corrected chi connectivity index (χ0v) is 16.7. The van der Waals surface area contributed by atoms with E-state index in [0.717, 1.165) is 58.2 Å². The summed E-state index contributed by atoms with van der Waals surface area (Å²) < 4.78 is 6.06. The maximum Gasteiger partial charge on any atom is 0.340 e. The molecule has 4 heteroatoms. The molecule has 2 atom stereocenters. The fourth-order valence-corrected chi connectivity index (χ4v) is 4.60. The molecular weight excluding hydrogens is 338 g/mol. The number of carbonyl (C=O) groups is 1. The molecule has 0 radical (unpaired) electrons. The summed E-state index contributed by atoms with van der Waals surface area (Å²) in [6.07, 6.45) is 7.29. The van der Waals surface area contributed by atoms with E-state index in [2.05, 4.69) is 24.8 Å². The minimum Gasteiger partial charge on any atom is -0.457 e. The van der Waals surface area contributed by atoms with Crippen molar-refractivity contribution in [2.75, 3.05) is 19.6 Å². The summed E-state index contributed by atoms with van der Waals surface area (Å²) in [4.78, 5) is 15.2. The van der Waals surface area contributed by atoms with Gasteiger partial charge in [0.05, 0.1) is 0 Å². The molecule has 1 unspecified atom stereocenters. The van der Waals surface area contributed by atoms with Crippen LogP contribution in [0.2, 0.25) is 0 Å². The second-order valence-electron chi connectivity index (χ2n) is 8.36. The first-order valence-corrected chi connectivity index (χ1v) is 10.3. The fraction of sp³-hybridized carbons (Fsp3) is 0.609. The van der Waals surface area contributed by atoms with E-state index in [1.807, 2.05) is 18.2 Å². The van der Waals surface area contributed by atoms with Crippen molar-refractivity contribution in [1.29, 1.82) is 0 Å². The molecule has 27 heavy (non-hydrogen) atoms. The molecule has 1 saturated heterocycles. The van der Waals surface area contributed by atoms with Gasteiger partial charge < -0.3 is 14.7 Å². The number of allylic oxidation sites excluding steroid dienone is 1. The van der Waals surface area contributed by atoms with Crippen LogP contribution in [0.5, 0.6) is 0 Å². The van der Waals surface area contributed by atoms with Crippen LogP contribution in [0.4, 0.5) is 0 Å². The van der Waals surface area contributed by atoms with Gasteiger partial charge >= 0.3 is 5.97 Å². The summed E-state index contributed by atoms with van der Waals surface area (Å²) in [7, 11) is 0. The monoisotopic (exact) mass is 371 g/mol. The maximum atomic E-state index is 12.7. The lowest BCUT2D eigenvalue weighted by Gasteiger charge is -2.36. The van der Waals surface area contributed by atoms with Gasteiger partial charge in [-0.15, -0.1) is 0 Å². The molecule has 1 heterocycles. The maximum absolute atomic E-state index is 12.7. The van der Waals surface area contributed by atoms with Crippen LogP contribution < -0.4 is 0 Å². The standard InChI is InChI=1S/C23H33NO3/c1-18(2)9-8-15-24-16-12-20(17-24)23(13-6-7-14-23)27-22(26)21(25)19-10-4-3-5-11-19/h3-5,9-11,20-21,25H,6-8,12-17H2,1-2H3/t20-,21?/m0/s1. The largest absolute Gasteiger partial charge is 0.457 e. The van der Waals surface area contributed by atoms with Crippen LogP contribution in [0.3, 0.4) is 0 Å². The van der Waals surface area contributed by atoms with Gasteiger partial charge in [-0.05, 0) is 64.5 Å². The zero-order chi connectivity index (χ0) is 19.3. The number of aliphatic hydroxyl groups excluding tert-OH is 1. The van der Waals surface area contributed by atoms with Gasteiger partial charge in [-0.25, -0.2) is 4.79 Å². The van der Waals surface area contributed by atoms with E-state index in [-0.39, 0.29) is 0 Å². The molecule has 148 valence electrons. The van der Waals surface area contributed by atoms with Crippen molar-refractivity contribution >= 4 is 5.97 Å². The molecule has 0 bridgehead atoms. The lowest BCUT2D eigenvalue weighted by molar-refractivity contribution is -0.175. The Morgan fingerprint density at radius 2 is 2.00 bits per heavy atom. The van der Waals surface area contributed by atoms with Gasteiger partial charge in [-0.2, -0.15) is 0 Å². The Balaban J connectivity index is 1.62. The number of hydrogen-bond acceptors (Lipinski definition) is 4. The molecular formula is C23H33NO3. The molecule has 3 rings (SSSR count). The molecule has 4 nitrogen and oxygen atoms in total. The summed E-state index contributed by atoms with van der Waals surface area (Å²) in [6.45, 7) is 7.40. The highest BCUT2D eigenvalue weighted by Crippen LogP contribution is 2.44. The Bertz CT molecular complexity index is 645. The van der Waals surface area contributed by atoms with Gasteiger partial charge in [0, 0.05) is 19.0 Å². The molecule has 2 aliphatic rings. The summed E-state index contributed by atoms with van der Waals surface area (Å²) in [5.41, 5.74) is 1.57. The number of carbonyl (C=O) groups excluding carboxylic acids is 1. The van der Waals surface area contributed by atoms with Crippen LogP contribution in [-0.2, 0) is 9.53 Å². The Morgan fingerprint density at radius 1 is 1.30 bits per heavy atom. The van der Waals surface area contributed by atoms with E-state index >= 15 is 0 Å². The Morgan fingerprint density at radius 3 is 2.67 bits per heavy atom. The number of aliphatic hydroxyl groups is 1. The number of hydrogen-bond donors (Lipinski definition) is 1. The average Bonchev–Trinajstić information content (AvgIpc) is 3.32. The lowest BCUT2D eigenvalue weighted by atomic mass is 9.84. The predicted octanol–water partition coefficient (Wildman–Crippen LogP) is 4.25. The molecule has 1 saturated carbocycles. The average molecular weight is 372 g/mol. The number of ether oxygens (including phenoxy) is 1. The third-order valence-electron chi connectivity index (χ3n) is 6.11. The third kappa shape index (κ3) is 4.99. The van der Waals surface area contributed by atoms with Crippen molar-refractivity contribution in [1.82, 2.24) is 4.90 Å². The molecule has 1 aromatic rings. The van der Waals surface area contributed by atoms with Gasteiger partial charge in [-0.1, -0.05) is 42.0 Å². The van der Waals surface area contributed by atoms with E-state index < -0.39 is 17.7 Å². The molecule has 0 amide bonds. The minimum atomic E-state index is -1.20. The number of nitrogens with zero attached hydrogens (tertiary/aromatic N) is 1. The summed E-state index contributed by atoms with van der Waals surface area (Å²) in [6, 6.07) is 9.08. The van der Waals surface area contributed by atoms with Crippen LogP contribution in [0.15, 0.2) is 42.0 Å². The van der Waals surface area contributed by atoms with Crippen LogP contribution in [0, 0.1) is 5.92 Å². The number of benzene rings is 1. The normalized spacial score (nSPS) is 23.1. The molecule has 1 aliphatic carbocycles. The summed E-state index contributed by atoms with van der Waals surface area (Å²) in [5, 5.41) is 10.4. The van der Waals surface area contributed by atoms with Crippen molar-refractivity contribution in [3.8, 4) is 0 Å². The number of esters is 1. The second-order valence-corrected chi connectivity index (χ2v) is 8.36.